The predicted molar refractivity (Wildman–Crippen MR) is 84.1 cm³/mol. The summed E-state index contributed by atoms with van der Waals surface area (Å²) in [4.78, 5) is 0. The summed E-state index contributed by atoms with van der Waals surface area (Å²) in [6, 6.07) is 21.1. The third-order valence-corrected chi connectivity index (χ3v) is 3.73. The molecule has 3 aromatic carbocycles. The number of hydrazine groups is 1. The van der Waals surface area contributed by atoms with Gasteiger partial charge in [0.05, 0.1) is 0 Å². The van der Waals surface area contributed by atoms with Crippen molar-refractivity contribution in [3.05, 3.63) is 83.7 Å². The Morgan fingerprint density at radius 1 is 0.905 bits per heavy atom. The van der Waals surface area contributed by atoms with Crippen LogP contribution in [0.3, 0.4) is 0 Å². The molecule has 0 amide bonds. The second-order valence-electron chi connectivity index (χ2n) is 5.16. The van der Waals surface area contributed by atoms with Crippen molar-refractivity contribution in [2.75, 3.05) is 0 Å². The van der Waals surface area contributed by atoms with E-state index in [1.807, 2.05) is 12.1 Å². The number of halogens is 1. The van der Waals surface area contributed by atoms with E-state index >= 15 is 0 Å². The number of hydrogen-bond donors (Lipinski definition) is 2. The van der Waals surface area contributed by atoms with Crippen LogP contribution in [0.4, 0.5) is 4.39 Å². The molecule has 0 saturated carbocycles. The van der Waals surface area contributed by atoms with E-state index in [2.05, 4.69) is 35.8 Å². The minimum atomic E-state index is -0.236. The number of fused-ring (bicyclic) bond motifs is 1. The zero-order valence-electron chi connectivity index (χ0n) is 11.6. The zero-order chi connectivity index (χ0) is 14.7. The molecule has 106 valence electrons. The van der Waals surface area contributed by atoms with Gasteiger partial charge >= 0.3 is 0 Å². The lowest BCUT2D eigenvalue weighted by atomic mass is 9.97. The van der Waals surface area contributed by atoms with Gasteiger partial charge in [-0.05, 0) is 40.5 Å². The Kier molecular flexibility index (Phi) is 3.95. The molecule has 0 aliphatic carbocycles. The Labute approximate surface area is 123 Å². The molecule has 1 unspecified atom stereocenters. The maximum atomic E-state index is 13.0. The molecule has 0 aliphatic heterocycles. The molecule has 1 atom stereocenters. The van der Waals surface area contributed by atoms with Gasteiger partial charge in [-0.25, -0.2) is 4.39 Å². The molecule has 3 aromatic rings. The largest absolute Gasteiger partial charge is 0.271 e. The van der Waals surface area contributed by atoms with Crippen LogP contribution in [0.5, 0.6) is 0 Å². The van der Waals surface area contributed by atoms with Gasteiger partial charge in [0, 0.05) is 6.04 Å². The highest BCUT2D eigenvalue weighted by atomic mass is 19.1. The first kappa shape index (κ1) is 13.7. The van der Waals surface area contributed by atoms with Crippen LogP contribution in [0.1, 0.15) is 17.2 Å². The van der Waals surface area contributed by atoms with Crippen molar-refractivity contribution < 1.29 is 4.39 Å². The zero-order valence-corrected chi connectivity index (χ0v) is 11.6. The summed E-state index contributed by atoms with van der Waals surface area (Å²) < 4.78 is 13.0. The van der Waals surface area contributed by atoms with Crippen molar-refractivity contribution >= 4 is 10.8 Å². The minimum absolute atomic E-state index is 0.0354. The molecular formula is C18H17FN2. The van der Waals surface area contributed by atoms with Crippen LogP contribution in [0.15, 0.2) is 66.7 Å². The first-order chi connectivity index (χ1) is 10.3. The number of rotatable bonds is 4. The van der Waals surface area contributed by atoms with Gasteiger partial charge < -0.3 is 0 Å². The second kappa shape index (κ2) is 6.04. The Morgan fingerprint density at radius 3 is 2.33 bits per heavy atom. The molecule has 3 N–H and O–H groups in total. The van der Waals surface area contributed by atoms with Crippen molar-refractivity contribution in [1.29, 1.82) is 0 Å². The smallest absolute Gasteiger partial charge is 0.123 e. The van der Waals surface area contributed by atoms with Crippen LogP contribution >= 0.6 is 0 Å². The van der Waals surface area contributed by atoms with Gasteiger partial charge in [-0.2, -0.15) is 0 Å². The molecule has 2 nitrogen and oxygen atoms in total. The lowest BCUT2D eigenvalue weighted by Crippen LogP contribution is -2.29. The standard InChI is InChI=1S/C18H17FN2/c19-17-9-7-15(8-10-17)18(21-20)12-13-5-6-14-3-1-2-4-16(14)11-13/h1-11,18,21H,12,20H2. The van der Waals surface area contributed by atoms with E-state index < -0.39 is 0 Å². The minimum Gasteiger partial charge on any atom is -0.271 e. The van der Waals surface area contributed by atoms with Crippen molar-refractivity contribution in [2.24, 2.45) is 5.84 Å². The topological polar surface area (TPSA) is 38.0 Å². The average molecular weight is 280 g/mol. The summed E-state index contributed by atoms with van der Waals surface area (Å²) in [5, 5.41) is 2.44. The summed E-state index contributed by atoms with van der Waals surface area (Å²) in [7, 11) is 0. The molecule has 0 fully saturated rings. The summed E-state index contributed by atoms with van der Waals surface area (Å²) in [6.45, 7) is 0. The van der Waals surface area contributed by atoms with Crippen LogP contribution in [0.25, 0.3) is 10.8 Å². The highest BCUT2D eigenvalue weighted by Gasteiger charge is 2.11. The first-order valence-corrected chi connectivity index (χ1v) is 6.95. The normalized spacial score (nSPS) is 12.5. The Morgan fingerprint density at radius 2 is 1.62 bits per heavy atom. The summed E-state index contributed by atoms with van der Waals surface area (Å²) in [5.41, 5.74) is 4.99. The number of hydrogen-bond acceptors (Lipinski definition) is 2. The maximum absolute atomic E-state index is 13.0. The van der Waals surface area contributed by atoms with Crippen LogP contribution < -0.4 is 11.3 Å². The van der Waals surface area contributed by atoms with E-state index in [1.165, 1.54) is 28.5 Å². The van der Waals surface area contributed by atoms with E-state index in [0.717, 1.165) is 12.0 Å². The fourth-order valence-corrected chi connectivity index (χ4v) is 2.57. The molecule has 0 aromatic heterocycles. The van der Waals surface area contributed by atoms with Gasteiger partial charge in [0.1, 0.15) is 5.82 Å². The van der Waals surface area contributed by atoms with Gasteiger partial charge in [-0.15, -0.1) is 0 Å². The van der Waals surface area contributed by atoms with Crippen LogP contribution in [0, 0.1) is 5.82 Å². The summed E-state index contributed by atoms with van der Waals surface area (Å²) in [6.07, 6.45) is 0.757. The third-order valence-electron chi connectivity index (χ3n) is 3.73. The molecule has 0 bridgehead atoms. The number of benzene rings is 3. The fraction of sp³-hybridized carbons (Fsp3) is 0.111. The van der Waals surface area contributed by atoms with Gasteiger partial charge in [-0.1, -0.05) is 54.6 Å². The number of nitrogens with two attached hydrogens (primary N) is 1. The predicted octanol–water partition coefficient (Wildman–Crippen LogP) is 3.73. The van der Waals surface area contributed by atoms with E-state index in [0.29, 0.717) is 0 Å². The molecule has 0 spiro atoms. The van der Waals surface area contributed by atoms with E-state index in [9.17, 15) is 4.39 Å². The molecular weight excluding hydrogens is 263 g/mol. The monoisotopic (exact) mass is 280 g/mol. The van der Waals surface area contributed by atoms with Crippen LogP contribution in [-0.4, -0.2) is 0 Å². The SMILES string of the molecule is NNC(Cc1ccc2ccccc2c1)c1ccc(F)cc1. The van der Waals surface area contributed by atoms with Crippen LogP contribution in [-0.2, 0) is 6.42 Å². The first-order valence-electron chi connectivity index (χ1n) is 6.95. The lowest BCUT2D eigenvalue weighted by molar-refractivity contribution is 0.549. The number of nitrogens with one attached hydrogen (secondary N) is 1. The average Bonchev–Trinajstić information content (AvgIpc) is 2.53. The molecule has 0 aliphatic rings. The lowest BCUT2D eigenvalue weighted by Gasteiger charge is -2.17. The molecule has 3 rings (SSSR count). The van der Waals surface area contributed by atoms with E-state index in [4.69, 9.17) is 5.84 Å². The summed E-state index contributed by atoms with van der Waals surface area (Å²) >= 11 is 0. The highest BCUT2D eigenvalue weighted by Crippen LogP contribution is 2.21. The fourth-order valence-electron chi connectivity index (χ4n) is 2.57. The van der Waals surface area contributed by atoms with Gasteiger partial charge in [0.2, 0.25) is 0 Å². The third kappa shape index (κ3) is 3.10. The van der Waals surface area contributed by atoms with Crippen molar-refractivity contribution in [3.63, 3.8) is 0 Å². The Bertz CT molecular complexity index is 738. The molecule has 0 heterocycles. The van der Waals surface area contributed by atoms with Crippen molar-refractivity contribution in [1.82, 2.24) is 5.43 Å². The van der Waals surface area contributed by atoms with E-state index in [-0.39, 0.29) is 11.9 Å². The second-order valence-corrected chi connectivity index (χ2v) is 5.16. The Balaban J connectivity index is 1.86. The van der Waals surface area contributed by atoms with E-state index in [1.54, 1.807) is 12.1 Å². The maximum Gasteiger partial charge on any atom is 0.123 e. The molecule has 0 saturated heterocycles. The van der Waals surface area contributed by atoms with Gasteiger partial charge in [-0.3, -0.25) is 11.3 Å². The van der Waals surface area contributed by atoms with Gasteiger partial charge in [0.15, 0.2) is 0 Å². The molecule has 0 radical (unpaired) electrons. The molecule has 3 heteroatoms. The highest BCUT2D eigenvalue weighted by molar-refractivity contribution is 5.83. The van der Waals surface area contributed by atoms with Crippen molar-refractivity contribution in [3.8, 4) is 0 Å². The van der Waals surface area contributed by atoms with Crippen LogP contribution in [0.2, 0.25) is 0 Å². The quantitative estimate of drug-likeness (QED) is 0.564. The molecule has 21 heavy (non-hydrogen) atoms. The van der Waals surface area contributed by atoms with Crippen molar-refractivity contribution in [2.45, 2.75) is 12.5 Å². The Hall–Kier alpha value is -2.23. The summed E-state index contributed by atoms with van der Waals surface area (Å²) in [5.74, 6) is 5.42. The van der Waals surface area contributed by atoms with Gasteiger partial charge in [0.25, 0.3) is 0 Å².